The minimum Gasteiger partial charge on any atom is -0.478 e. The van der Waals surface area contributed by atoms with Crippen molar-refractivity contribution in [1.29, 1.82) is 0 Å². The summed E-state index contributed by atoms with van der Waals surface area (Å²) in [7, 11) is 0. The number of carboxylic acid groups (broad SMARTS) is 1. The number of anilines is 1. The van der Waals surface area contributed by atoms with E-state index in [1.54, 1.807) is 0 Å². The molecule has 0 aliphatic carbocycles. The smallest absolute Gasteiger partial charge is 0.337 e. The van der Waals surface area contributed by atoms with Crippen molar-refractivity contribution in [2.24, 2.45) is 0 Å². The van der Waals surface area contributed by atoms with E-state index < -0.39 is 23.9 Å². The lowest BCUT2D eigenvalue weighted by molar-refractivity contribution is -0.124. The molecule has 1 saturated heterocycles. The fourth-order valence-corrected chi connectivity index (χ4v) is 2.03. The summed E-state index contributed by atoms with van der Waals surface area (Å²) < 4.78 is 13.2. The van der Waals surface area contributed by atoms with E-state index in [-0.39, 0.29) is 17.2 Å². The molecular formula is C13H14FN3O4. The molecule has 112 valence electrons. The molecule has 21 heavy (non-hydrogen) atoms. The van der Waals surface area contributed by atoms with E-state index >= 15 is 0 Å². The quantitative estimate of drug-likeness (QED) is 0.665. The predicted molar refractivity (Wildman–Crippen MR) is 71.5 cm³/mol. The third-order valence-corrected chi connectivity index (χ3v) is 3.05. The van der Waals surface area contributed by atoms with Crippen molar-refractivity contribution in [3.05, 3.63) is 29.6 Å². The van der Waals surface area contributed by atoms with Gasteiger partial charge in [-0.05, 0) is 31.0 Å². The van der Waals surface area contributed by atoms with Crippen molar-refractivity contribution in [2.45, 2.75) is 18.9 Å². The minimum atomic E-state index is -1.29. The molecule has 0 spiro atoms. The number of benzene rings is 1. The van der Waals surface area contributed by atoms with Crippen molar-refractivity contribution in [3.8, 4) is 0 Å². The van der Waals surface area contributed by atoms with Crippen LogP contribution < -0.4 is 16.0 Å². The average molecular weight is 295 g/mol. The van der Waals surface area contributed by atoms with E-state index in [0.717, 1.165) is 24.6 Å². The van der Waals surface area contributed by atoms with E-state index in [1.165, 1.54) is 0 Å². The van der Waals surface area contributed by atoms with Crippen molar-refractivity contribution < 1.29 is 23.9 Å². The summed E-state index contributed by atoms with van der Waals surface area (Å²) in [5.74, 6) is -2.26. The first-order chi connectivity index (χ1) is 9.97. The Morgan fingerprint density at radius 1 is 1.38 bits per heavy atom. The summed E-state index contributed by atoms with van der Waals surface area (Å²) in [6, 6.07) is 1.51. The van der Waals surface area contributed by atoms with Crippen molar-refractivity contribution >= 4 is 23.6 Å². The van der Waals surface area contributed by atoms with Crippen LogP contribution in [-0.2, 0) is 4.79 Å². The van der Waals surface area contributed by atoms with E-state index in [9.17, 15) is 18.8 Å². The molecule has 1 aromatic rings. The molecule has 1 heterocycles. The van der Waals surface area contributed by atoms with Gasteiger partial charge in [-0.3, -0.25) is 4.79 Å². The maximum atomic E-state index is 13.2. The van der Waals surface area contributed by atoms with Crippen LogP contribution in [0.3, 0.4) is 0 Å². The summed E-state index contributed by atoms with van der Waals surface area (Å²) in [4.78, 5) is 34.3. The first kappa shape index (κ1) is 14.8. The van der Waals surface area contributed by atoms with E-state index in [1.807, 2.05) is 0 Å². The normalized spacial score (nSPS) is 17.8. The number of carbonyl (C=O) groups excluding carboxylic acids is 2. The van der Waals surface area contributed by atoms with Gasteiger partial charge in [0.2, 0.25) is 5.91 Å². The summed E-state index contributed by atoms with van der Waals surface area (Å²) in [6.45, 7) is 0.561. The SMILES string of the molecule is O=C(Nc1cc(F)ccc1C(=O)O)NC1CCCNC1=O. The molecule has 0 bridgehead atoms. The number of urea groups is 1. The highest BCUT2D eigenvalue weighted by molar-refractivity contribution is 6.01. The van der Waals surface area contributed by atoms with Gasteiger partial charge in [-0.25, -0.2) is 14.0 Å². The maximum Gasteiger partial charge on any atom is 0.337 e. The summed E-state index contributed by atoms with van der Waals surface area (Å²) in [6.07, 6.45) is 1.23. The maximum absolute atomic E-state index is 13.2. The average Bonchev–Trinajstić information content (AvgIpc) is 2.41. The topological polar surface area (TPSA) is 108 Å². The Morgan fingerprint density at radius 3 is 2.81 bits per heavy atom. The Labute approximate surface area is 119 Å². The zero-order chi connectivity index (χ0) is 15.4. The summed E-state index contributed by atoms with van der Waals surface area (Å²) >= 11 is 0. The number of piperidine rings is 1. The van der Waals surface area contributed by atoms with Crippen molar-refractivity contribution in [3.63, 3.8) is 0 Å². The molecular weight excluding hydrogens is 281 g/mol. The number of aromatic carboxylic acids is 1. The van der Waals surface area contributed by atoms with Gasteiger partial charge in [0.25, 0.3) is 0 Å². The Morgan fingerprint density at radius 2 is 2.14 bits per heavy atom. The molecule has 1 fully saturated rings. The zero-order valence-electron chi connectivity index (χ0n) is 11.0. The first-order valence-corrected chi connectivity index (χ1v) is 6.35. The second-order valence-electron chi connectivity index (χ2n) is 4.58. The Kier molecular flexibility index (Phi) is 4.36. The molecule has 8 heteroatoms. The number of rotatable bonds is 3. The number of carbonyl (C=O) groups is 3. The molecule has 1 unspecified atom stereocenters. The fourth-order valence-electron chi connectivity index (χ4n) is 2.03. The van der Waals surface area contributed by atoms with Crippen LogP contribution in [0.5, 0.6) is 0 Å². The molecule has 0 saturated carbocycles. The fraction of sp³-hybridized carbons (Fsp3) is 0.308. The van der Waals surface area contributed by atoms with E-state index in [4.69, 9.17) is 5.11 Å². The van der Waals surface area contributed by atoms with Crippen LogP contribution in [0.15, 0.2) is 18.2 Å². The van der Waals surface area contributed by atoms with Crippen LogP contribution in [0.25, 0.3) is 0 Å². The van der Waals surface area contributed by atoms with Crippen LogP contribution >= 0.6 is 0 Å². The molecule has 3 amide bonds. The van der Waals surface area contributed by atoms with Gasteiger partial charge in [0.15, 0.2) is 0 Å². The lowest BCUT2D eigenvalue weighted by atomic mass is 10.1. The van der Waals surface area contributed by atoms with Gasteiger partial charge in [0.1, 0.15) is 11.9 Å². The zero-order valence-corrected chi connectivity index (χ0v) is 11.0. The van der Waals surface area contributed by atoms with Crippen molar-refractivity contribution in [1.82, 2.24) is 10.6 Å². The molecule has 1 aliphatic heterocycles. The van der Waals surface area contributed by atoms with Crippen LogP contribution in [0.2, 0.25) is 0 Å². The summed E-state index contributed by atoms with van der Waals surface area (Å²) in [5, 5.41) is 16.3. The number of amides is 3. The lowest BCUT2D eigenvalue weighted by Crippen LogP contribution is -2.51. The standard InChI is InChI=1S/C13H14FN3O4/c14-7-3-4-8(12(19)20)10(6-7)17-13(21)16-9-2-1-5-15-11(9)18/h3-4,6,9H,1-2,5H2,(H,15,18)(H,19,20)(H2,16,17,21). The number of carboxylic acids is 1. The van der Waals surface area contributed by atoms with Crippen LogP contribution in [0, 0.1) is 5.82 Å². The highest BCUT2D eigenvalue weighted by Crippen LogP contribution is 2.17. The van der Waals surface area contributed by atoms with Gasteiger partial charge in [-0.2, -0.15) is 0 Å². The van der Waals surface area contributed by atoms with Crippen LogP contribution in [0.1, 0.15) is 23.2 Å². The predicted octanol–water partition coefficient (Wildman–Crippen LogP) is 0.924. The lowest BCUT2D eigenvalue weighted by Gasteiger charge is -2.23. The molecule has 0 radical (unpaired) electrons. The monoisotopic (exact) mass is 295 g/mol. The number of nitrogens with one attached hydrogen (secondary N) is 3. The van der Waals surface area contributed by atoms with Gasteiger partial charge in [0.05, 0.1) is 11.3 Å². The molecule has 1 aromatic carbocycles. The largest absolute Gasteiger partial charge is 0.478 e. The molecule has 1 aliphatic rings. The van der Waals surface area contributed by atoms with E-state index in [0.29, 0.717) is 13.0 Å². The Hall–Kier alpha value is -2.64. The Balaban J connectivity index is 2.07. The second kappa shape index (κ2) is 6.21. The van der Waals surface area contributed by atoms with Gasteiger partial charge in [-0.15, -0.1) is 0 Å². The highest BCUT2D eigenvalue weighted by Gasteiger charge is 2.24. The molecule has 2 rings (SSSR count). The minimum absolute atomic E-state index is 0.170. The molecule has 1 atom stereocenters. The third kappa shape index (κ3) is 3.68. The second-order valence-corrected chi connectivity index (χ2v) is 4.58. The molecule has 4 N–H and O–H groups in total. The number of hydrogen-bond donors (Lipinski definition) is 4. The third-order valence-electron chi connectivity index (χ3n) is 3.05. The highest BCUT2D eigenvalue weighted by atomic mass is 19.1. The molecule has 7 nitrogen and oxygen atoms in total. The van der Waals surface area contributed by atoms with Gasteiger partial charge in [0, 0.05) is 6.54 Å². The summed E-state index contributed by atoms with van der Waals surface area (Å²) in [5.41, 5.74) is -0.407. The number of halogens is 1. The van der Waals surface area contributed by atoms with Crippen LogP contribution in [0.4, 0.5) is 14.9 Å². The van der Waals surface area contributed by atoms with Crippen LogP contribution in [-0.4, -0.2) is 35.6 Å². The van der Waals surface area contributed by atoms with Crippen molar-refractivity contribution in [2.75, 3.05) is 11.9 Å². The van der Waals surface area contributed by atoms with Gasteiger partial charge < -0.3 is 21.1 Å². The van der Waals surface area contributed by atoms with E-state index in [2.05, 4.69) is 16.0 Å². The Bertz CT molecular complexity index is 591. The number of hydrogen-bond acceptors (Lipinski definition) is 3. The van der Waals surface area contributed by atoms with Gasteiger partial charge in [-0.1, -0.05) is 0 Å². The van der Waals surface area contributed by atoms with Gasteiger partial charge >= 0.3 is 12.0 Å². The first-order valence-electron chi connectivity index (χ1n) is 6.35. The molecule has 0 aromatic heterocycles.